The molecule has 1 saturated heterocycles. The molecule has 1 heterocycles. The summed E-state index contributed by atoms with van der Waals surface area (Å²) in [6.45, 7) is 12.2. The summed E-state index contributed by atoms with van der Waals surface area (Å²) in [5.74, 6) is -1.12. The van der Waals surface area contributed by atoms with E-state index in [0.717, 1.165) is 0 Å². The molecule has 4 amide bonds. The minimum absolute atomic E-state index is 0.207. The second-order valence-corrected chi connectivity index (χ2v) is 11.7. The van der Waals surface area contributed by atoms with Crippen LogP contribution in [0.5, 0.6) is 0 Å². The number of aliphatic hydroxyl groups excluding tert-OH is 1. The number of likely N-dealkylation sites (tertiary alicyclic amines) is 1. The number of benzene rings is 1. The van der Waals surface area contributed by atoms with Gasteiger partial charge < -0.3 is 25.4 Å². The van der Waals surface area contributed by atoms with Crippen molar-refractivity contribution in [2.75, 3.05) is 20.2 Å². The van der Waals surface area contributed by atoms with Crippen molar-refractivity contribution in [2.45, 2.75) is 84.7 Å². The summed E-state index contributed by atoms with van der Waals surface area (Å²) in [7, 11) is 1.47. The van der Waals surface area contributed by atoms with Gasteiger partial charge in [0.05, 0.1) is 12.6 Å². The van der Waals surface area contributed by atoms with E-state index in [0.29, 0.717) is 12.0 Å². The maximum absolute atomic E-state index is 13.7. The van der Waals surface area contributed by atoms with Gasteiger partial charge in [-0.15, -0.1) is 0 Å². The van der Waals surface area contributed by atoms with Gasteiger partial charge in [-0.1, -0.05) is 39.0 Å². The van der Waals surface area contributed by atoms with E-state index < -0.39 is 41.1 Å². The zero-order valence-corrected chi connectivity index (χ0v) is 23.2. The summed E-state index contributed by atoms with van der Waals surface area (Å²) >= 11 is 0. The van der Waals surface area contributed by atoms with Crippen LogP contribution in [0.1, 0.15) is 65.2 Å². The van der Waals surface area contributed by atoms with E-state index in [1.54, 1.807) is 52.0 Å². The fraction of sp³-hybridized carbons (Fsp3) is 0.630. The van der Waals surface area contributed by atoms with E-state index in [1.165, 1.54) is 16.8 Å². The van der Waals surface area contributed by atoms with Gasteiger partial charge in [0.25, 0.3) is 5.91 Å². The molecule has 10 nitrogen and oxygen atoms in total. The molecule has 206 valence electrons. The zero-order valence-electron chi connectivity index (χ0n) is 23.2. The second-order valence-electron chi connectivity index (χ2n) is 11.7. The fourth-order valence-corrected chi connectivity index (χ4v) is 4.07. The number of nitrogens with one attached hydrogen (secondary N) is 2. The van der Waals surface area contributed by atoms with Crippen molar-refractivity contribution in [1.82, 2.24) is 20.4 Å². The van der Waals surface area contributed by atoms with Gasteiger partial charge in [-0.25, -0.2) is 4.79 Å². The highest BCUT2D eigenvalue weighted by Crippen LogP contribution is 2.26. The van der Waals surface area contributed by atoms with Crippen molar-refractivity contribution in [1.29, 1.82) is 0 Å². The van der Waals surface area contributed by atoms with Crippen molar-refractivity contribution in [3.05, 3.63) is 35.9 Å². The van der Waals surface area contributed by atoms with Crippen molar-refractivity contribution < 1.29 is 29.0 Å². The molecule has 0 radical (unpaired) electrons. The van der Waals surface area contributed by atoms with E-state index in [1.807, 2.05) is 26.8 Å². The van der Waals surface area contributed by atoms with Gasteiger partial charge in [0.1, 0.15) is 17.7 Å². The lowest BCUT2D eigenvalue weighted by molar-refractivity contribution is -0.141. The molecular formula is C27H42N4O6. The molecule has 4 atom stereocenters. The lowest BCUT2D eigenvalue weighted by atomic mass is 9.85. The van der Waals surface area contributed by atoms with Gasteiger partial charge in [-0.05, 0) is 51.7 Å². The van der Waals surface area contributed by atoms with Gasteiger partial charge >= 0.3 is 6.09 Å². The smallest absolute Gasteiger partial charge is 0.410 e. The summed E-state index contributed by atoms with van der Waals surface area (Å²) in [6.07, 6.45) is -0.255. The molecule has 2 rings (SSSR count). The Morgan fingerprint density at radius 3 is 2.22 bits per heavy atom. The van der Waals surface area contributed by atoms with Crippen LogP contribution in [-0.2, 0) is 14.3 Å². The monoisotopic (exact) mass is 518 g/mol. The number of ether oxygens (including phenoxy) is 1. The maximum atomic E-state index is 13.7. The second kappa shape index (κ2) is 11.9. The van der Waals surface area contributed by atoms with Crippen LogP contribution in [0.3, 0.4) is 0 Å². The van der Waals surface area contributed by atoms with Crippen LogP contribution in [0, 0.1) is 5.41 Å². The third-order valence-electron chi connectivity index (χ3n) is 6.32. The number of carbonyl (C=O) groups excluding carboxylic acids is 4. The highest BCUT2D eigenvalue weighted by atomic mass is 16.6. The maximum Gasteiger partial charge on any atom is 0.410 e. The van der Waals surface area contributed by atoms with Gasteiger partial charge in [0, 0.05) is 25.2 Å². The lowest BCUT2D eigenvalue weighted by Crippen LogP contribution is -2.59. The molecule has 0 unspecified atom stereocenters. The Kier molecular flexibility index (Phi) is 9.71. The molecule has 1 aromatic rings. The molecule has 3 N–H and O–H groups in total. The zero-order chi connectivity index (χ0) is 28.1. The summed E-state index contributed by atoms with van der Waals surface area (Å²) in [6, 6.07) is 6.11. The van der Waals surface area contributed by atoms with Gasteiger partial charge in [0.15, 0.2) is 0 Å². The lowest BCUT2D eigenvalue weighted by Gasteiger charge is -2.36. The molecule has 1 aliphatic heterocycles. The largest absolute Gasteiger partial charge is 0.444 e. The molecule has 10 heteroatoms. The molecule has 1 aliphatic rings. The van der Waals surface area contributed by atoms with Crippen LogP contribution in [0.2, 0.25) is 0 Å². The summed E-state index contributed by atoms with van der Waals surface area (Å²) < 4.78 is 5.35. The first-order chi connectivity index (χ1) is 17.0. The summed E-state index contributed by atoms with van der Waals surface area (Å²) in [5.41, 5.74) is -0.870. The van der Waals surface area contributed by atoms with Gasteiger partial charge in [0.2, 0.25) is 11.8 Å². The van der Waals surface area contributed by atoms with Crippen molar-refractivity contribution in [3.8, 4) is 0 Å². The molecule has 37 heavy (non-hydrogen) atoms. The molecule has 1 aromatic carbocycles. The molecule has 0 bridgehead atoms. The third kappa shape index (κ3) is 8.18. The number of nitrogens with zero attached hydrogens (tertiary/aromatic N) is 2. The third-order valence-corrected chi connectivity index (χ3v) is 6.32. The predicted octanol–water partition coefficient (Wildman–Crippen LogP) is 2.16. The predicted molar refractivity (Wildman–Crippen MR) is 140 cm³/mol. The Balaban J connectivity index is 2.14. The highest BCUT2D eigenvalue weighted by Gasteiger charge is 2.43. The quantitative estimate of drug-likeness (QED) is 0.508. The van der Waals surface area contributed by atoms with Gasteiger partial charge in [-0.3, -0.25) is 19.3 Å². The first-order valence-electron chi connectivity index (χ1n) is 12.6. The minimum Gasteiger partial charge on any atom is -0.444 e. The molecular weight excluding hydrogens is 476 g/mol. The van der Waals surface area contributed by atoms with Crippen LogP contribution in [-0.4, -0.2) is 88.7 Å². The fourth-order valence-electron chi connectivity index (χ4n) is 4.07. The SMILES string of the molecule is C[C@@H](C(=O)N[C@H](C(=O)N1C[C@@H](NC(=O)c2ccccc2)C[C@H]1CO)C(C)(C)C)N(C)C(=O)OC(C)(C)C. The van der Waals surface area contributed by atoms with E-state index >= 15 is 0 Å². The number of carbonyl (C=O) groups is 4. The van der Waals surface area contributed by atoms with Crippen LogP contribution < -0.4 is 10.6 Å². The van der Waals surface area contributed by atoms with Gasteiger partial charge in [-0.2, -0.15) is 0 Å². The Morgan fingerprint density at radius 1 is 1.11 bits per heavy atom. The Bertz CT molecular complexity index is 969. The molecule has 0 spiro atoms. The standard InChI is InChI=1S/C27H42N4O6/c1-17(30(8)25(36)37-27(5,6)7)22(33)29-21(26(2,3)4)24(35)31-15-19(14-20(31)16-32)28-23(34)18-12-10-9-11-13-18/h9-13,17,19-21,32H,14-16H2,1-8H3,(H,28,34)(H,29,33)/t17-,19-,20-,21+/m0/s1. The van der Waals surface area contributed by atoms with Crippen LogP contribution in [0.15, 0.2) is 30.3 Å². The molecule has 0 saturated carbocycles. The average molecular weight is 519 g/mol. The van der Waals surface area contributed by atoms with E-state index in [9.17, 15) is 24.3 Å². The first-order valence-corrected chi connectivity index (χ1v) is 12.6. The van der Waals surface area contributed by atoms with Crippen molar-refractivity contribution in [3.63, 3.8) is 0 Å². The molecule has 1 fully saturated rings. The van der Waals surface area contributed by atoms with E-state index in [-0.39, 0.29) is 31.0 Å². The number of hydrogen-bond acceptors (Lipinski definition) is 6. The number of amides is 4. The van der Waals surface area contributed by atoms with Crippen LogP contribution >= 0.6 is 0 Å². The normalized spacial score (nSPS) is 19.5. The Labute approximate surface area is 219 Å². The average Bonchev–Trinajstić information content (AvgIpc) is 3.22. The summed E-state index contributed by atoms with van der Waals surface area (Å²) in [5, 5.41) is 15.7. The first kappa shape index (κ1) is 30.1. The summed E-state index contributed by atoms with van der Waals surface area (Å²) in [4.78, 5) is 54.6. The number of likely N-dealkylation sites (N-methyl/N-ethyl adjacent to an activating group) is 1. The Hall–Kier alpha value is -3.14. The highest BCUT2D eigenvalue weighted by molar-refractivity contribution is 5.95. The number of rotatable bonds is 7. The van der Waals surface area contributed by atoms with Crippen molar-refractivity contribution in [2.24, 2.45) is 5.41 Å². The molecule has 0 aliphatic carbocycles. The van der Waals surface area contributed by atoms with Crippen LogP contribution in [0.4, 0.5) is 4.79 Å². The number of aliphatic hydroxyl groups is 1. The number of hydrogen-bond donors (Lipinski definition) is 3. The molecule has 0 aromatic heterocycles. The Morgan fingerprint density at radius 2 is 1.70 bits per heavy atom. The van der Waals surface area contributed by atoms with Crippen LogP contribution in [0.25, 0.3) is 0 Å². The van der Waals surface area contributed by atoms with E-state index in [2.05, 4.69) is 10.6 Å². The topological polar surface area (TPSA) is 128 Å². The van der Waals surface area contributed by atoms with Crippen molar-refractivity contribution >= 4 is 23.8 Å². The van der Waals surface area contributed by atoms with E-state index in [4.69, 9.17) is 4.74 Å². The minimum atomic E-state index is -0.924.